The first-order valence-corrected chi connectivity index (χ1v) is 9.45. The Balaban J connectivity index is 0.000000244. The van der Waals surface area contributed by atoms with Crippen LogP contribution in [0.4, 0.5) is 14.0 Å². The predicted molar refractivity (Wildman–Crippen MR) is 98.8 cm³/mol. The molecular weight excluding hydrogens is 351 g/mol. The van der Waals surface area contributed by atoms with E-state index in [0.717, 1.165) is 64.7 Å². The van der Waals surface area contributed by atoms with Crippen molar-refractivity contribution in [1.29, 1.82) is 0 Å². The van der Waals surface area contributed by atoms with Crippen molar-refractivity contribution in [2.75, 3.05) is 26.2 Å². The number of halogens is 1. The zero-order valence-electron chi connectivity index (χ0n) is 15.5. The van der Waals surface area contributed by atoms with Crippen molar-refractivity contribution in [3.8, 4) is 0 Å². The topological polar surface area (TPSA) is 85.6 Å². The second kappa shape index (κ2) is 11.4. The van der Waals surface area contributed by atoms with Crippen LogP contribution in [0.2, 0.25) is 0 Å². The Labute approximate surface area is 158 Å². The van der Waals surface area contributed by atoms with Gasteiger partial charge in [-0.2, -0.15) is 0 Å². The molecule has 2 aliphatic heterocycles. The highest BCUT2D eigenvalue weighted by atomic mass is 19.1. The average molecular weight is 378 g/mol. The zero-order chi connectivity index (χ0) is 19.5. The van der Waals surface area contributed by atoms with E-state index in [4.69, 9.17) is 5.11 Å². The number of azo groups is 1. The van der Waals surface area contributed by atoms with Crippen molar-refractivity contribution in [3.05, 3.63) is 35.6 Å². The molecule has 0 saturated carbocycles. The maximum absolute atomic E-state index is 12.2. The van der Waals surface area contributed by atoms with Crippen LogP contribution in [0.25, 0.3) is 0 Å². The molecule has 0 bridgehead atoms. The van der Waals surface area contributed by atoms with Gasteiger partial charge in [0, 0.05) is 26.2 Å². The number of likely N-dealkylation sites (tertiary alicyclic amines) is 2. The van der Waals surface area contributed by atoms with Crippen molar-refractivity contribution in [1.82, 2.24) is 9.80 Å². The Hall–Kier alpha value is -2.35. The van der Waals surface area contributed by atoms with E-state index in [1.807, 2.05) is 0 Å². The molecule has 148 valence electrons. The molecule has 2 saturated heterocycles. The van der Waals surface area contributed by atoms with Gasteiger partial charge in [-0.25, -0.2) is 14.0 Å². The van der Waals surface area contributed by atoms with Crippen LogP contribution in [0.3, 0.4) is 0 Å². The van der Waals surface area contributed by atoms with E-state index in [9.17, 15) is 14.0 Å². The maximum Gasteiger partial charge on any atom is 0.362 e. The van der Waals surface area contributed by atoms with Crippen LogP contribution >= 0.6 is 0 Å². The number of piperidine rings is 2. The Morgan fingerprint density at radius 2 is 1.37 bits per heavy atom. The van der Waals surface area contributed by atoms with Crippen LogP contribution < -0.4 is 0 Å². The van der Waals surface area contributed by atoms with Gasteiger partial charge in [-0.05, 0) is 56.2 Å². The smallest absolute Gasteiger partial charge is 0.362 e. The zero-order valence-corrected chi connectivity index (χ0v) is 15.5. The fraction of sp³-hybridized carbons (Fsp3) is 0.579. The van der Waals surface area contributed by atoms with Gasteiger partial charge in [0.15, 0.2) is 0 Å². The molecule has 0 spiro atoms. The number of rotatable bonds is 1. The molecule has 0 aliphatic carbocycles. The van der Waals surface area contributed by atoms with E-state index >= 15 is 0 Å². The van der Waals surface area contributed by atoms with Crippen molar-refractivity contribution in [2.45, 2.75) is 45.1 Å². The number of aliphatic hydroxyl groups is 1. The van der Waals surface area contributed by atoms with Gasteiger partial charge in [-0.1, -0.05) is 22.4 Å². The monoisotopic (exact) mass is 378 g/mol. The van der Waals surface area contributed by atoms with E-state index < -0.39 is 0 Å². The number of hydrogen-bond donors (Lipinski definition) is 1. The molecule has 2 heterocycles. The number of benzene rings is 1. The van der Waals surface area contributed by atoms with E-state index in [1.54, 1.807) is 21.9 Å². The number of carbonyl (C=O) groups excluding carboxylic acids is 2. The molecule has 3 rings (SSSR count). The Bertz CT molecular complexity index is 610. The third-order valence-electron chi connectivity index (χ3n) is 4.55. The normalized spacial score (nSPS) is 17.4. The molecule has 7 nitrogen and oxygen atoms in total. The Morgan fingerprint density at radius 1 is 0.889 bits per heavy atom. The average Bonchev–Trinajstić information content (AvgIpc) is 2.73. The summed E-state index contributed by atoms with van der Waals surface area (Å²) in [6.45, 7) is 2.83. The molecule has 0 radical (unpaired) electrons. The minimum absolute atomic E-state index is 0.0994. The molecule has 8 heteroatoms. The van der Waals surface area contributed by atoms with Crippen LogP contribution in [0.15, 0.2) is 34.5 Å². The highest BCUT2D eigenvalue weighted by Crippen LogP contribution is 2.12. The van der Waals surface area contributed by atoms with Gasteiger partial charge >= 0.3 is 12.1 Å². The number of hydrogen-bond acceptors (Lipinski definition) is 3. The molecule has 4 amide bonds. The molecule has 1 N–H and O–H groups in total. The van der Waals surface area contributed by atoms with Gasteiger partial charge in [-0.15, -0.1) is 0 Å². The van der Waals surface area contributed by atoms with Gasteiger partial charge in [0.1, 0.15) is 5.82 Å². The molecule has 27 heavy (non-hydrogen) atoms. The van der Waals surface area contributed by atoms with E-state index in [0.29, 0.717) is 5.56 Å². The van der Waals surface area contributed by atoms with Crippen LogP contribution in [-0.2, 0) is 6.61 Å². The number of carbonyl (C=O) groups is 2. The molecule has 0 atom stereocenters. The summed E-state index contributed by atoms with van der Waals surface area (Å²) < 4.78 is 12.2. The SMILES string of the molecule is O=C(N=NC(=O)N1CCCCC1)N1CCCCC1.OCc1cccc(F)c1. The highest BCUT2D eigenvalue weighted by Gasteiger charge is 2.18. The third-order valence-corrected chi connectivity index (χ3v) is 4.55. The number of urea groups is 2. The summed E-state index contributed by atoms with van der Waals surface area (Å²) in [5.74, 6) is -0.304. The van der Waals surface area contributed by atoms with Crippen LogP contribution in [0.5, 0.6) is 0 Å². The van der Waals surface area contributed by atoms with Crippen LogP contribution in [0.1, 0.15) is 44.1 Å². The lowest BCUT2D eigenvalue weighted by molar-refractivity contribution is 0.187. The molecule has 1 aromatic rings. The van der Waals surface area contributed by atoms with Gasteiger partial charge in [0.2, 0.25) is 0 Å². The highest BCUT2D eigenvalue weighted by molar-refractivity contribution is 5.79. The minimum atomic E-state index is -0.375. The number of amides is 4. The summed E-state index contributed by atoms with van der Waals surface area (Å²) >= 11 is 0. The Kier molecular flexibility index (Phi) is 8.83. The summed E-state index contributed by atoms with van der Waals surface area (Å²) in [5.41, 5.74) is 0.606. The molecule has 2 aliphatic rings. The lowest BCUT2D eigenvalue weighted by Gasteiger charge is -2.25. The van der Waals surface area contributed by atoms with Gasteiger partial charge in [0.25, 0.3) is 0 Å². The van der Waals surface area contributed by atoms with Crippen molar-refractivity contribution < 1.29 is 19.1 Å². The second-order valence-corrected chi connectivity index (χ2v) is 6.65. The van der Waals surface area contributed by atoms with Crippen LogP contribution in [-0.4, -0.2) is 53.1 Å². The number of nitrogens with zero attached hydrogens (tertiary/aromatic N) is 4. The van der Waals surface area contributed by atoms with Gasteiger partial charge in [0.05, 0.1) is 6.61 Å². The summed E-state index contributed by atoms with van der Waals surface area (Å²) in [5, 5.41) is 15.6. The number of aliphatic hydroxyl groups excluding tert-OH is 1. The Morgan fingerprint density at radius 3 is 1.74 bits per heavy atom. The fourth-order valence-corrected chi connectivity index (χ4v) is 3.02. The first-order valence-electron chi connectivity index (χ1n) is 9.45. The molecular formula is C19H27FN4O3. The van der Waals surface area contributed by atoms with E-state index in [2.05, 4.69) is 10.2 Å². The summed E-state index contributed by atoms with van der Waals surface area (Å²) in [6, 6.07) is 5.14. The second-order valence-electron chi connectivity index (χ2n) is 6.65. The van der Waals surface area contributed by atoms with Gasteiger partial charge < -0.3 is 14.9 Å². The third kappa shape index (κ3) is 7.42. The summed E-state index contributed by atoms with van der Waals surface area (Å²) in [7, 11) is 0. The lowest BCUT2D eigenvalue weighted by Crippen LogP contribution is -2.35. The van der Waals surface area contributed by atoms with Crippen molar-refractivity contribution in [2.24, 2.45) is 10.2 Å². The molecule has 0 aromatic heterocycles. The fourth-order valence-electron chi connectivity index (χ4n) is 3.02. The largest absolute Gasteiger partial charge is 0.392 e. The standard InChI is InChI=1S/C12H20N4O2.C7H7FO/c17-11(15-7-3-1-4-8-15)13-14-12(18)16-9-5-2-6-10-16;8-7-3-1-2-6(4-7)5-9/h1-10H2;1-4,9H,5H2. The summed E-state index contributed by atoms with van der Waals surface area (Å²) in [6.07, 6.45) is 6.38. The van der Waals surface area contributed by atoms with E-state index in [1.165, 1.54) is 12.1 Å². The van der Waals surface area contributed by atoms with Crippen molar-refractivity contribution in [3.63, 3.8) is 0 Å². The van der Waals surface area contributed by atoms with Gasteiger partial charge in [-0.3, -0.25) is 0 Å². The summed E-state index contributed by atoms with van der Waals surface area (Å²) in [4.78, 5) is 26.7. The van der Waals surface area contributed by atoms with Crippen molar-refractivity contribution >= 4 is 12.1 Å². The van der Waals surface area contributed by atoms with E-state index in [-0.39, 0.29) is 24.5 Å². The quantitative estimate of drug-likeness (QED) is 0.750. The lowest BCUT2D eigenvalue weighted by atomic mass is 10.1. The van der Waals surface area contributed by atoms with Crippen LogP contribution in [0, 0.1) is 5.82 Å². The first kappa shape index (κ1) is 21.0. The molecule has 1 aromatic carbocycles. The predicted octanol–water partition coefficient (Wildman–Crippen LogP) is 3.97. The molecule has 0 unspecified atom stereocenters. The minimum Gasteiger partial charge on any atom is -0.392 e. The first-order chi connectivity index (χ1) is 13.1. The maximum atomic E-state index is 12.2. The molecule has 2 fully saturated rings.